The van der Waals surface area contributed by atoms with Gasteiger partial charge in [0.25, 0.3) is 0 Å². The van der Waals surface area contributed by atoms with Gasteiger partial charge in [0.15, 0.2) is 0 Å². The number of rotatable bonds is 5. The monoisotopic (exact) mass is 221 g/mol. The second kappa shape index (κ2) is 4.94. The van der Waals surface area contributed by atoms with Crippen molar-refractivity contribution in [3.63, 3.8) is 0 Å². The molecule has 2 rings (SSSR count). The highest BCUT2D eigenvalue weighted by Gasteiger charge is 2.11. The maximum absolute atomic E-state index is 5.55. The number of aryl methyl sites for hydroxylation is 2. The Kier molecular flexibility index (Phi) is 3.36. The van der Waals surface area contributed by atoms with E-state index in [4.69, 9.17) is 9.26 Å². The number of hydrogen-bond acceptors (Lipinski definition) is 4. The van der Waals surface area contributed by atoms with Crippen LogP contribution in [-0.4, -0.2) is 15.1 Å². The summed E-state index contributed by atoms with van der Waals surface area (Å²) in [6, 6.07) is 0. The van der Waals surface area contributed by atoms with E-state index in [1.54, 1.807) is 12.4 Å². The van der Waals surface area contributed by atoms with E-state index in [1.807, 2.05) is 13.8 Å². The zero-order chi connectivity index (χ0) is 11.4. The van der Waals surface area contributed by atoms with Crippen LogP contribution in [0.25, 0.3) is 0 Å². The Morgan fingerprint density at radius 3 is 3.00 bits per heavy atom. The van der Waals surface area contributed by atoms with Gasteiger partial charge in [-0.1, -0.05) is 12.1 Å². The molecule has 16 heavy (non-hydrogen) atoms. The summed E-state index contributed by atoms with van der Waals surface area (Å²) in [5.74, 6) is 1.66. The quantitative estimate of drug-likeness (QED) is 0.838. The number of aromatic nitrogens is 3. The molecule has 0 atom stereocenters. The second-order valence-corrected chi connectivity index (χ2v) is 3.55. The zero-order valence-electron chi connectivity index (χ0n) is 9.49. The Morgan fingerprint density at radius 2 is 2.31 bits per heavy atom. The lowest BCUT2D eigenvalue weighted by Crippen LogP contribution is -1.98. The summed E-state index contributed by atoms with van der Waals surface area (Å²) in [5, 5.41) is 3.97. The van der Waals surface area contributed by atoms with Gasteiger partial charge >= 0.3 is 0 Å². The summed E-state index contributed by atoms with van der Waals surface area (Å²) in [6.07, 6.45) is 4.35. The molecule has 2 heterocycles. The van der Waals surface area contributed by atoms with Crippen LogP contribution in [0.15, 0.2) is 16.9 Å². The van der Waals surface area contributed by atoms with Crippen molar-refractivity contribution in [2.24, 2.45) is 0 Å². The smallest absolute Gasteiger partial charge is 0.139 e. The topological polar surface area (TPSA) is 63.9 Å². The van der Waals surface area contributed by atoms with Crippen molar-refractivity contribution in [1.82, 2.24) is 15.1 Å². The fourth-order valence-corrected chi connectivity index (χ4v) is 1.53. The Bertz CT molecular complexity index is 434. The van der Waals surface area contributed by atoms with Crippen molar-refractivity contribution in [3.8, 4) is 0 Å². The van der Waals surface area contributed by atoms with E-state index in [2.05, 4.69) is 15.1 Å². The largest absolute Gasteiger partial charge is 0.369 e. The predicted molar refractivity (Wildman–Crippen MR) is 57.7 cm³/mol. The lowest BCUT2D eigenvalue weighted by molar-refractivity contribution is 0.101. The van der Waals surface area contributed by atoms with Gasteiger partial charge in [0.05, 0.1) is 12.3 Å². The molecule has 2 aromatic rings. The fourth-order valence-electron chi connectivity index (χ4n) is 1.53. The van der Waals surface area contributed by atoms with Gasteiger partial charge in [-0.05, 0) is 13.3 Å². The molecular weight excluding hydrogens is 206 g/mol. The standard InChI is InChI=1S/C11H15N3O2/c1-3-10-9(8(2)16-14-10)6-15-7-11-12-4-5-13-11/h4-5H,3,6-7H2,1-2H3,(H,12,13). The minimum absolute atomic E-state index is 0.473. The highest BCUT2D eigenvalue weighted by atomic mass is 16.5. The molecule has 0 radical (unpaired) electrons. The minimum Gasteiger partial charge on any atom is -0.369 e. The number of aromatic amines is 1. The van der Waals surface area contributed by atoms with E-state index >= 15 is 0 Å². The number of ether oxygens (including phenoxy) is 1. The summed E-state index contributed by atoms with van der Waals surface area (Å²) in [7, 11) is 0. The van der Waals surface area contributed by atoms with Crippen LogP contribution in [0.4, 0.5) is 0 Å². The van der Waals surface area contributed by atoms with Crippen LogP contribution in [0.1, 0.15) is 29.8 Å². The van der Waals surface area contributed by atoms with Gasteiger partial charge in [0, 0.05) is 18.0 Å². The van der Waals surface area contributed by atoms with Gasteiger partial charge in [-0.15, -0.1) is 0 Å². The van der Waals surface area contributed by atoms with Crippen LogP contribution in [0, 0.1) is 6.92 Å². The average Bonchev–Trinajstić information content (AvgIpc) is 2.90. The molecule has 0 saturated carbocycles. The SMILES string of the molecule is CCc1noc(C)c1COCc1ncc[nH]1. The van der Waals surface area contributed by atoms with E-state index < -0.39 is 0 Å². The number of hydrogen-bond donors (Lipinski definition) is 1. The molecular formula is C11H15N3O2. The lowest BCUT2D eigenvalue weighted by atomic mass is 10.2. The molecule has 0 amide bonds. The van der Waals surface area contributed by atoms with Gasteiger partial charge in [-0.3, -0.25) is 0 Å². The van der Waals surface area contributed by atoms with E-state index in [-0.39, 0.29) is 0 Å². The summed E-state index contributed by atoms with van der Waals surface area (Å²) in [5.41, 5.74) is 2.02. The molecule has 0 spiro atoms. The predicted octanol–water partition coefficient (Wildman–Crippen LogP) is 1.99. The van der Waals surface area contributed by atoms with Crippen LogP contribution < -0.4 is 0 Å². The van der Waals surface area contributed by atoms with E-state index in [0.29, 0.717) is 13.2 Å². The molecule has 5 heteroatoms. The molecule has 0 saturated heterocycles. The molecule has 86 valence electrons. The van der Waals surface area contributed by atoms with Crippen LogP contribution >= 0.6 is 0 Å². The number of nitrogens with zero attached hydrogens (tertiary/aromatic N) is 2. The Hall–Kier alpha value is -1.62. The Morgan fingerprint density at radius 1 is 1.44 bits per heavy atom. The number of imidazole rings is 1. The van der Waals surface area contributed by atoms with Crippen molar-refractivity contribution >= 4 is 0 Å². The molecule has 0 aliphatic rings. The van der Waals surface area contributed by atoms with Crippen molar-refractivity contribution in [1.29, 1.82) is 0 Å². The van der Waals surface area contributed by atoms with Crippen LogP contribution in [0.2, 0.25) is 0 Å². The van der Waals surface area contributed by atoms with Gasteiger partial charge in [0.1, 0.15) is 18.2 Å². The first-order valence-corrected chi connectivity index (χ1v) is 5.31. The first kappa shape index (κ1) is 10.9. The summed E-state index contributed by atoms with van der Waals surface area (Å²) < 4.78 is 10.7. The molecule has 5 nitrogen and oxygen atoms in total. The third-order valence-corrected chi connectivity index (χ3v) is 2.44. The van der Waals surface area contributed by atoms with Crippen LogP contribution in [0.5, 0.6) is 0 Å². The van der Waals surface area contributed by atoms with Crippen molar-refractivity contribution in [3.05, 3.63) is 35.2 Å². The third kappa shape index (κ3) is 2.30. The summed E-state index contributed by atoms with van der Waals surface area (Å²) in [4.78, 5) is 7.07. The molecule has 0 unspecified atom stereocenters. The first-order valence-electron chi connectivity index (χ1n) is 5.31. The normalized spacial score (nSPS) is 10.9. The average molecular weight is 221 g/mol. The van der Waals surface area contributed by atoms with Crippen LogP contribution in [0.3, 0.4) is 0 Å². The number of nitrogens with one attached hydrogen (secondary N) is 1. The fraction of sp³-hybridized carbons (Fsp3) is 0.455. The van der Waals surface area contributed by atoms with Crippen molar-refractivity contribution in [2.75, 3.05) is 0 Å². The molecule has 0 bridgehead atoms. The highest BCUT2D eigenvalue weighted by Crippen LogP contribution is 2.15. The van der Waals surface area contributed by atoms with E-state index in [1.165, 1.54) is 0 Å². The Labute approximate surface area is 93.8 Å². The van der Waals surface area contributed by atoms with Crippen molar-refractivity contribution < 1.29 is 9.26 Å². The minimum atomic E-state index is 0.473. The van der Waals surface area contributed by atoms with E-state index in [9.17, 15) is 0 Å². The van der Waals surface area contributed by atoms with Gasteiger partial charge in [0.2, 0.25) is 0 Å². The zero-order valence-corrected chi connectivity index (χ0v) is 9.49. The third-order valence-electron chi connectivity index (χ3n) is 2.44. The molecule has 0 aromatic carbocycles. The van der Waals surface area contributed by atoms with Crippen molar-refractivity contribution in [2.45, 2.75) is 33.5 Å². The first-order chi connectivity index (χ1) is 7.81. The molecule has 2 aromatic heterocycles. The maximum Gasteiger partial charge on any atom is 0.139 e. The van der Waals surface area contributed by atoms with E-state index in [0.717, 1.165) is 29.3 Å². The van der Waals surface area contributed by atoms with Gasteiger partial charge in [-0.25, -0.2) is 4.98 Å². The van der Waals surface area contributed by atoms with Gasteiger partial charge < -0.3 is 14.2 Å². The lowest BCUT2D eigenvalue weighted by Gasteiger charge is -2.02. The summed E-state index contributed by atoms with van der Waals surface area (Å²) in [6.45, 7) is 4.94. The second-order valence-electron chi connectivity index (χ2n) is 3.55. The number of H-pyrrole nitrogens is 1. The highest BCUT2D eigenvalue weighted by molar-refractivity contribution is 5.20. The Balaban J connectivity index is 1.91. The molecule has 0 fully saturated rings. The molecule has 0 aliphatic heterocycles. The maximum atomic E-state index is 5.55. The van der Waals surface area contributed by atoms with Crippen LogP contribution in [-0.2, 0) is 24.4 Å². The summed E-state index contributed by atoms with van der Waals surface area (Å²) >= 11 is 0. The molecule has 1 N–H and O–H groups in total. The van der Waals surface area contributed by atoms with Gasteiger partial charge in [-0.2, -0.15) is 0 Å². The molecule has 0 aliphatic carbocycles.